The molecule has 0 aromatic rings. The van der Waals surface area contributed by atoms with Crippen molar-refractivity contribution in [3.8, 4) is 0 Å². The van der Waals surface area contributed by atoms with Crippen molar-refractivity contribution in [1.29, 1.82) is 0 Å². The topological polar surface area (TPSA) is 9.72 Å². The molecule has 0 aromatic carbocycles. The van der Waals surface area contributed by atoms with Crippen molar-refractivity contribution < 1.29 is 0 Å². The predicted molar refractivity (Wildman–Crippen MR) is 111 cm³/mol. The maximum atomic E-state index is 2.84. The summed E-state index contributed by atoms with van der Waals surface area (Å²) in [6.45, 7) is 14.2. The van der Waals surface area contributed by atoms with Crippen LogP contribution >= 0.6 is 0 Å². The first-order chi connectivity index (χ1) is 12.5. The average molecular weight is 362 g/mol. The van der Waals surface area contributed by atoms with E-state index in [4.69, 9.17) is 0 Å². The van der Waals surface area contributed by atoms with E-state index in [0.29, 0.717) is 5.41 Å². The normalized spacial score (nSPS) is 30.9. The molecule has 2 saturated carbocycles. The smallest absolute Gasteiger partial charge is 0.0113 e. The molecule has 26 heavy (non-hydrogen) atoms. The van der Waals surface area contributed by atoms with Crippen molar-refractivity contribution in [2.75, 3.05) is 52.9 Å². The standard InChI is InChI=1S/C23H43N3/c1-20(2)18-23(8-9-23)19-25-12-10-22(11-13-25)6-4-21(5-7-22)26-16-14-24(3)15-17-26/h20-21H,4-19H2,1-3H3. The van der Waals surface area contributed by atoms with Gasteiger partial charge in [-0.15, -0.1) is 0 Å². The Morgan fingerprint density at radius 1 is 0.808 bits per heavy atom. The molecule has 0 unspecified atom stereocenters. The maximum Gasteiger partial charge on any atom is 0.0113 e. The van der Waals surface area contributed by atoms with Gasteiger partial charge in [-0.3, -0.25) is 4.90 Å². The molecule has 2 saturated heterocycles. The summed E-state index contributed by atoms with van der Waals surface area (Å²) in [6.07, 6.45) is 13.4. The average Bonchev–Trinajstić information content (AvgIpc) is 3.37. The van der Waals surface area contributed by atoms with E-state index < -0.39 is 0 Å². The highest BCUT2D eigenvalue weighted by atomic mass is 15.3. The highest BCUT2D eigenvalue weighted by molar-refractivity contribution is 4.99. The molecular formula is C23H43N3. The van der Waals surface area contributed by atoms with Gasteiger partial charge in [-0.2, -0.15) is 0 Å². The zero-order chi connectivity index (χ0) is 18.2. The van der Waals surface area contributed by atoms with Gasteiger partial charge < -0.3 is 9.80 Å². The Balaban J connectivity index is 1.21. The van der Waals surface area contributed by atoms with Crippen LogP contribution in [0, 0.1) is 16.7 Å². The largest absolute Gasteiger partial charge is 0.304 e. The lowest BCUT2D eigenvalue weighted by Crippen LogP contribution is -2.51. The highest BCUT2D eigenvalue weighted by Crippen LogP contribution is 2.52. The molecule has 2 aliphatic carbocycles. The molecule has 4 rings (SSSR count). The number of likely N-dealkylation sites (N-methyl/N-ethyl adjacent to an activating group) is 1. The lowest BCUT2D eigenvalue weighted by atomic mass is 9.66. The minimum Gasteiger partial charge on any atom is -0.304 e. The summed E-state index contributed by atoms with van der Waals surface area (Å²) < 4.78 is 0. The van der Waals surface area contributed by atoms with Crippen LogP contribution in [0.4, 0.5) is 0 Å². The number of nitrogens with zero attached hydrogens (tertiary/aromatic N) is 3. The van der Waals surface area contributed by atoms with E-state index in [1.807, 2.05) is 0 Å². The Hall–Kier alpha value is -0.120. The fraction of sp³-hybridized carbons (Fsp3) is 1.00. The Labute approximate surface area is 162 Å². The third-order valence-corrected chi connectivity index (χ3v) is 8.34. The number of rotatable bonds is 5. The van der Waals surface area contributed by atoms with Crippen molar-refractivity contribution in [2.24, 2.45) is 16.7 Å². The summed E-state index contributed by atoms with van der Waals surface area (Å²) in [7, 11) is 2.27. The Kier molecular flexibility index (Phi) is 5.70. The Morgan fingerprint density at radius 3 is 1.96 bits per heavy atom. The van der Waals surface area contributed by atoms with Gasteiger partial charge in [0.1, 0.15) is 0 Å². The Bertz CT molecular complexity index is 444. The zero-order valence-electron chi connectivity index (χ0n) is 17.8. The molecule has 4 aliphatic rings. The van der Waals surface area contributed by atoms with Gasteiger partial charge >= 0.3 is 0 Å². The van der Waals surface area contributed by atoms with Crippen LogP contribution in [-0.2, 0) is 0 Å². The van der Waals surface area contributed by atoms with Gasteiger partial charge in [0.05, 0.1) is 0 Å². The van der Waals surface area contributed by atoms with Crippen LogP contribution in [0.25, 0.3) is 0 Å². The number of likely N-dealkylation sites (tertiary alicyclic amines) is 1. The van der Waals surface area contributed by atoms with E-state index in [-0.39, 0.29) is 0 Å². The monoisotopic (exact) mass is 361 g/mol. The minimum absolute atomic E-state index is 0.717. The second-order valence-electron chi connectivity index (χ2n) is 10.9. The van der Waals surface area contributed by atoms with E-state index in [9.17, 15) is 0 Å². The Morgan fingerprint density at radius 2 is 1.42 bits per heavy atom. The second-order valence-corrected chi connectivity index (χ2v) is 10.9. The summed E-state index contributed by atoms with van der Waals surface area (Å²) in [4.78, 5) is 8.14. The SMILES string of the molecule is CC(C)CC1(CN2CCC3(CCC(N4CCN(C)CC4)CC3)CC2)CC1. The lowest BCUT2D eigenvalue weighted by Gasteiger charge is -2.49. The quantitative estimate of drug-likeness (QED) is 0.730. The van der Waals surface area contributed by atoms with Gasteiger partial charge in [0.15, 0.2) is 0 Å². The maximum absolute atomic E-state index is 2.84. The predicted octanol–water partition coefficient (Wildman–Crippen LogP) is 4.08. The first kappa shape index (κ1) is 19.2. The fourth-order valence-corrected chi connectivity index (χ4v) is 6.40. The zero-order valence-corrected chi connectivity index (χ0v) is 17.8. The van der Waals surface area contributed by atoms with Crippen LogP contribution in [-0.4, -0.2) is 73.6 Å². The minimum atomic E-state index is 0.717. The van der Waals surface area contributed by atoms with Gasteiger partial charge in [-0.25, -0.2) is 0 Å². The molecule has 0 bridgehead atoms. The van der Waals surface area contributed by atoms with Crippen LogP contribution in [0.1, 0.15) is 71.6 Å². The third kappa shape index (κ3) is 4.47. The van der Waals surface area contributed by atoms with Crippen LogP contribution in [0.15, 0.2) is 0 Å². The fourth-order valence-electron chi connectivity index (χ4n) is 6.40. The van der Waals surface area contributed by atoms with Gasteiger partial charge in [-0.1, -0.05) is 13.8 Å². The van der Waals surface area contributed by atoms with Gasteiger partial charge in [0, 0.05) is 38.8 Å². The van der Waals surface area contributed by atoms with Crippen molar-refractivity contribution in [1.82, 2.24) is 14.7 Å². The molecule has 2 aliphatic heterocycles. The molecule has 0 aromatic heterocycles. The van der Waals surface area contributed by atoms with Crippen molar-refractivity contribution in [3.05, 3.63) is 0 Å². The molecular weight excluding hydrogens is 318 g/mol. The number of piperazine rings is 1. The van der Waals surface area contributed by atoms with E-state index in [1.54, 1.807) is 0 Å². The molecule has 0 radical (unpaired) electrons. The van der Waals surface area contributed by atoms with Crippen LogP contribution in [0.3, 0.4) is 0 Å². The highest BCUT2D eigenvalue weighted by Gasteiger charge is 2.46. The third-order valence-electron chi connectivity index (χ3n) is 8.34. The number of hydrogen-bond donors (Lipinski definition) is 0. The van der Waals surface area contributed by atoms with Crippen LogP contribution in [0.5, 0.6) is 0 Å². The molecule has 150 valence electrons. The number of piperidine rings is 1. The molecule has 3 heteroatoms. The molecule has 0 atom stereocenters. The van der Waals surface area contributed by atoms with Crippen molar-refractivity contribution >= 4 is 0 Å². The van der Waals surface area contributed by atoms with E-state index in [0.717, 1.165) is 17.4 Å². The molecule has 3 nitrogen and oxygen atoms in total. The van der Waals surface area contributed by atoms with Gasteiger partial charge in [0.25, 0.3) is 0 Å². The summed E-state index contributed by atoms with van der Waals surface area (Å²) in [5.74, 6) is 0.874. The summed E-state index contributed by atoms with van der Waals surface area (Å²) in [6, 6.07) is 0.896. The summed E-state index contributed by atoms with van der Waals surface area (Å²) >= 11 is 0. The first-order valence-electron chi connectivity index (χ1n) is 11.6. The van der Waals surface area contributed by atoms with Crippen LogP contribution in [0.2, 0.25) is 0 Å². The van der Waals surface area contributed by atoms with E-state index in [2.05, 4.69) is 35.6 Å². The first-order valence-corrected chi connectivity index (χ1v) is 11.6. The van der Waals surface area contributed by atoms with E-state index >= 15 is 0 Å². The van der Waals surface area contributed by atoms with E-state index in [1.165, 1.54) is 104 Å². The van der Waals surface area contributed by atoms with Gasteiger partial charge in [-0.05, 0) is 94.7 Å². The molecule has 0 N–H and O–H groups in total. The lowest BCUT2D eigenvalue weighted by molar-refractivity contribution is 0.0147. The van der Waals surface area contributed by atoms with Gasteiger partial charge in [0.2, 0.25) is 0 Å². The van der Waals surface area contributed by atoms with Crippen LogP contribution < -0.4 is 0 Å². The molecule has 2 heterocycles. The number of hydrogen-bond acceptors (Lipinski definition) is 3. The molecule has 4 fully saturated rings. The summed E-state index contributed by atoms with van der Waals surface area (Å²) in [5, 5.41) is 0. The second kappa shape index (κ2) is 7.72. The molecule has 0 amide bonds. The molecule has 1 spiro atoms. The van der Waals surface area contributed by atoms with Crippen molar-refractivity contribution in [3.63, 3.8) is 0 Å². The summed E-state index contributed by atoms with van der Waals surface area (Å²) in [5.41, 5.74) is 1.44. The van der Waals surface area contributed by atoms with Crippen molar-refractivity contribution in [2.45, 2.75) is 77.7 Å².